The van der Waals surface area contributed by atoms with Crippen LogP contribution < -0.4 is 5.73 Å². The zero-order valence-electron chi connectivity index (χ0n) is 11.5. The van der Waals surface area contributed by atoms with Crippen molar-refractivity contribution in [3.63, 3.8) is 0 Å². The SMILES string of the molecule is CS(=O)(=O)N1CCC(c2cc(Br)c3c(N)ncnn23)CC1. The van der Waals surface area contributed by atoms with Crippen LogP contribution in [0.4, 0.5) is 5.82 Å². The molecule has 1 aliphatic heterocycles. The smallest absolute Gasteiger partial charge is 0.211 e. The largest absolute Gasteiger partial charge is 0.382 e. The van der Waals surface area contributed by atoms with Gasteiger partial charge in [-0.05, 0) is 34.8 Å². The molecule has 0 spiro atoms. The van der Waals surface area contributed by atoms with Gasteiger partial charge in [-0.1, -0.05) is 0 Å². The minimum Gasteiger partial charge on any atom is -0.382 e. The van der Waals surface area contributed by atoms with Crippen LogP contribution in [-0.4, -0.2) is 46.7 Å². The first-order valence-electron chi connectivity index (χ1n) is 6.60. The third-order valence-electron chi connectivity index (χ3n) is 3.90. The Hall–Kier alpha value is -1.19. The first-order chi connectivity index (χ1) is 9.88. The van der Waals surface area contributed by atoms with Crippen LogP contribution in [0.2, 0.25) is 0 Å². The molecule has 1 aliphatic rings. The van der Waals surface area contributed by atoms with Crippen molar-refractivity contribution in [3.05, 3.63) is 22.6 Å². The number of halogens is 1. The van der Waals surface area contributed by atoms with Crippen LogP contribution in [0.1, 0.15) is 24.5 Å². The molecule has 0 radical (unpaired) electrons. The highest BCUT2D eigenvalue weighted by Gasteiger charge is 2.28. The maximum atomic E-state index is 11.6. The van der Waals surface area contributed by atoms with Gasteiger partial charge in [0.15, 0.2) is 5.82 Å². The van der Waals surface area contributed by atoms with E-state index in [0.29, 0.717) is 18.9 Å². The Bertz CT molecular complexity index is 780. The van der Waals surface area contributed by atoms with Gasteiger partial charge in [0.2, 0.25) is 10.0 Å². The minimum atomic E-state index is -3.10. The lowest BCUT2D eigenvalue weighted by Crippen LogP contribution is -2.37. The summed E-state index contributed by atoms with van der Waals surface area (Å²) < 4.78 is 27.3. The number of sulfonamides is 1. The highest BCUT2D eigenvalue weighted by molar-refractivity contribution is 9.10. The van der Waals surface area contributed by atoms with Gasteiger partial charge in [0.25, 0.3) is 0 Å². The Morgan fingerprint density at radius 3 is 2.67 bits per heavy atom. The average Bonchev–Trinajstić information content (AvgIpc) is 2.77. The fraction of sp³-hybridized carbons (Fsp3) is 0.500. The molecule has 0 aromatic carbocycles. The molecule has 0 aliphatic carbocycles. The van der Waals surface area contributed by atoms with Crippen LogP contribution in [0.15, 0.2) is 16.9 Å². The highest BCUT2D eigenvalue weighted by Crippen LogP contribution is 2.34. The molecule has 1 saturated heterocycles. The lowest BCUT2D eigenvalue weighted by Gasteiger charge is -2.29. The van der Waals surface area contributed by atoms with E-state index in [1.54, 1.807) is 4.52 Å². The van der Waals surface area contributed by atoms with Crippen LogP contribution in [0.25, 0.3) is 5.52 Å². The number of anilines is 1. The molecule has 0 unspecified atom stereocenters. The Morgan fingerprint density at radius 1 is 1.38 bits per heavy atom. The standard InChI is InChI=1S/C12H16BrN5O2S/c1-21(19,20)17-4-2-8(3-5-17)10-6-9(13)11-12(14)15-7-16-18(10)11/h6-8H,2-5H2,1H3,(H2,14,15,16). The quantitative estimate of drug-likeness (QED) is 0.853. The number of aromatic nitrogens is 3. The Morgan fingerprint density at radius 2 is 2.05 bits per heavy atom. The summed E-state index contributed by atoms with van der Waals surface area (Å²) in [5, 5.41) is 4.27. The zero-order valence-corrected chi connectivity index (χ0v) is 13.9. The zero-order chi connectivity index (χ0) is 15.2. The Balaban J connectivity index is 1.92. The fourth-order valence-corrected chi connectivity index (χ4v) is 4.30. The van der Waals surface area contributed by atoms with E-state index < -0.39 is 10.0 Å². The molecule has 0 atom stereocenters. The normalized spacial score (nSPS) is 18.4. The van der Waals surface area contributed by atoms with Crippen LogP contribution in [-0.2, 0) is 10.0 Å². The summed E-state index contributed by atoms with van der Waals surface area (Å²) in [7, 11) is -3.10. The lowest BCUT2D eigenvalue weighted by molar-refractivity contribution is 0.317. The van der Waals surface area contributed by atoms with Crippen molar-refractivity contribution >= 4 is 37.3 Å². The van der Waals surface area contributed by atoms with E-state index in [4.69, 9.17) is 5.73 Å². The molecule has 7 nitrogen and oxygen atoms in total. The van der Waals surface area contributed by atoms with Gasteiger partial charge in [0.05, 0.1) is 6.26 Å². The summed E-state index contributed by atoms with van der Waals surface area (Å²) >= 11 is 3.49. The number of rotatable bonds is 2. The van der Waals surface area contributed by atoms with E-state index in [0.717, 1.165) is 28.5 Å². The van der Waals surface area contributed by atoms with Crippen LogP contribution >= 0.6 is 15.9 Å². The maximum absolute atomic E-state index is 11.6. The molecule has 0 bridgehead atoms. The molecule has 0 saturated carbocycles. The molecular weight excluding hydrogens is 358 g/mol. The third kappa shape index (κ3) is 2.65. The average molecular weight is 374 g/mol. The summed E-state index contributed by atoms with van der Waals surface area (Å²) in [4.78, 5) is 4.00. The van der Waals surface area contributed by atoms with Gasteiger partial charge in [0.1, 0.15) is 11.8 Å². The monoisotopic (exact) mass is 373 g/mol. The van der Waals surface area contributed by atoms with Crippen molar-refractivity contribution < 1.29 is 8.42 Å². The molecule has 2 aromatic rings. The number of hydrogen-bond acceptors (Lipinski definition) is 5. The van der Waals surface area contributed by atoms with Crippen molar-refractivity contribution in [2.75, 3.05) is 25.1 Å². The van der Waals surface area contributed by atoms with Gasteiger partial charge in [-0.2, -0.15) is 5.10 Å². The summed E-state index contributed by atoms with van der Waals surface area (Å²) in [6.45, 7) is 1.07. The van der Waals surface area contributed by atoms with Gasteiger partial charge < -0.3 is 5.73 Å². The molecule has 3 rings (SSSR count). The number of nitrogens with zero attached hydrogens (tertiary/aromatic N) is 4. The predicted octanol–water partition coefficient (Wildman–Crippen LogP) is 1.21. The topological polar surface area (TPSA) is 93.6 Å². The third-order valence-corrected chi connectivity index (χ3v) is 5.81. The number of nitrogens with two attached hydrogens (primary N) is 1. The molecule has 9 heteroatoms. The maximum Gasteiger partial charge on any atom is 0.211 e. The van der Waals surface area contributed by atoms with Crippen molar-refractivity contribution in [2.24, 2.45) is 0 Å². The van der Waals surface area contributed by atoms with Gasteiger partial charge in [-0.15, -0.1) is 0 Å². The first-order valence-corrected chi connectivity index (χ1v) is 9.25. The molecule has 21 heavy (non-hydrogen) atoms. The van der Waals surface area contributed by atoms with Crippen molar-refractivity contribution in [1.82, 2.24) is 18.9 Å². The summed E-state index contributed by atoms with van der Waals surface area (Å²) in [5.41, 5.74) is 7.69. The van der Waals surface area contributed by atoms with Crippen LogP contribution in [0.3, 0.4) is 0 Å². The van der Waals surface area contributed by atoms with Crippen molar-refractivity contribution in [3.8, 4) is 0 Å². The second-order valence-corrected chi connectivity index (χ2v) is 8.10. The van der Waals surface area contributed by atoms with E-state index in [-0.39, 0.29) is 5.92 Å². The molecule has 114 valence electrons. The number of fused-ring (bicyclic) bond motifs is 1. The van der Waals surface area contributed by atoms with E-state index in [9.17, 15) is 8.42 Å². The van der Waals surface area contributed by atoms with Crippen LogP contribution in [0, 0.1) is 0 Å². The van der Waals surface area contributed by atoms with Crippen molar-refractivity contribution in [1.29, 1.82) is 0 Å². The second-order valence-electron chi connectivity index (χ2n) is 5.26. The minimum absolute atomic E-state index is 0.260. The fourth-order valence-electron chi connectivity index (χ4n) is 2.82. The molecule has 2 aromatic heterocycles. The number of nitrogen functional groups attached to an aromatic ring is 1. The van der Waals surface area contributed by atoms with Gasteiger partial charge >= 0.3 is 0 Å². The molecular formula is C12H16BrN5O2S. The molecule has 1 fully saturated rings. The van der Waals surface area contributed by atoms with Crippen molar-refractivity contribution in [2.45, 2.75) is 18.8 Å². The van der Waals surface area contributed by atoms with Gasteiger partial charge in [0, 0.05) is 29.2 Å². The van der Waals surface area contributed by atoms with E-state index in [1.165, 1.54) is 16.9 Å². The highest BCUT2D eigenvalue weighted by atomic mass is 79.9. The first kappa shape index (κ1) is 14.7. The summed E-state index contributed by atoms with van der Waals surface area (Å²) in [5.74, 6) is 0.688. The van der Waals surface area contributed by atoms with E-state index in [1.807, 2.05) is 6.07 Å². The Labute approximate surface area is 131 Å². The Kier molecular flexibility index (Phi) is 3.66. The second kappa shape index (κ2) is 5.22. The molecule has 2 N–H and O–H groups in total. The number of hydrogen-bond donors (Lipinski definition) is 1. The van der Waals surface area contributed by atoms with Gasteiger partial charge in [-0.25, -0.2) is 22.2 Å². The van der Waals surface area contributed by atoms with Gasteiger partial charge in [-0.3, -0.25) is 0 Å². The summed E-state index contributed by atoms with van der Waals surface area (Å²) in [6, 6.07) is 2.00. The summed E-state index contributed by atoms with van der Waals surface area (Å²) in [6.07, 6.45) is 4.24. The molecule has 0 amide bonds. The predicted molar refractivity (Wildman–Crippen MR) is 83.5 cm³/mol. The number of piperidine rings is 1. The van der Waals surface area contributed by atoms with E-state index in [2.05, 4.69) is 26.0 Å². The van der Waals surface area contributed by atoms with E-state index >= 15 is 0 Å². The van der Waals surface area contributed by atoms with Crippen LogP contribution in [0.5, 0.6) is 0 Å². The molecule has 3 heterocycles. The lowest BCUT2D eigenvalue weighted by atomic mass is 9.95.